The van der Waals surface area contributed by atoms with Gasteiger partial charge < -0.3 is 5.32 Å². The van der Waals surface area contributed by atoms with Crippen LogP contribution < -0.4 is 16.6 Å². The minimum Gasteiger partial charge on any atom is -0.344 e. The van der Waals surface area contributed by atoms with E-state index in [2.05, 4.69) is 10.3 Å². The number of Topliss-reactive ketones (excluding diaryl/α,β-unsaturated/α-hetero) is 1. The fraction of sp³-hybridized carbons (Fsp3) is 0.316. The number of halogens is 1. The third-order valence-corrected chi connectivity index (χ3v) is 5.00. The molecule has 9 nitrogen and oxygen atoms in total. The highest BCUT2D eigenvalue weighted by Gasteiger charge is 2.22. The molecule has 3 rings (SSSR count). The van der Waals surface area contributed by atoms with Gasteiger partial charge in [-0.05, 0) is 30.5 Å². The van der Waals surface area contributed by atoms with E-state index in [1.165, 1.54) is 30.2 Å². The van der Waals surface area contributed by atoms with Gasteiger partial charge in [0.1, 0.15) is 6.54 Å². The molecule has 0 unspecified atom stereocenters. The van der Waals surface area contributed by atoms with Crippen LogP contribution in [0.5, 0.6) is 0 Å². The Hall–Kier alpha value is -3.20. The highest BCUT2D eigenvalue weighted by molar-refractivity contribution is 6.29. The van der Waals surface area contributed by atoms with Crippen LogP contribution in [0.15, 0.2) is 39.9 Å². The van der Waals surface area contributed by atoms with Gasteiger partial charge in [-0.15, -0.1) is 0 Å². The molecular weight excluding hydrogens is 398 g/mol. The molecule has 0 aliphatic rings. The van der Waals surface area contributed by atoms with Crippen molar-refractivity contribution in [3.63, 3.8) is 0 Å². The Kier molecular flexibility index (Phi) is 5.69. The fourth-order valence-corrected chi connectivity index (χ4v) is 3.32. The van der Waals surface area contributed by atoms with Crippen LogP contribution in [0.3, 0.4) is 0 Å². The molecule has 1 aromatic carbocycles. The van der Waals surface area contributed by atoms with Gasteiger partial charge in [0, 0.05) is 14.1 Å². The van der Waals surface area contributed by atoms with E-state index in [9.17, 15) is 19.2 Å². The van der Waals surface area contributed by atoms with E-state index < -0.39 is 23.2 Å². The van der Waals surface area contributed by atoms with Gasteiger partial charge >= 0.3 is 5.69 Å². The number of imidazole rings is 1. The molecule has 0 fully saturated rings. The largest absolute Gasteiger partial charge is 0.344 e. The number of benzene rings is 1. The van der Waals surface area contributed by atoms with Crippen molar-refractivity contribution in [3.05, 3.63) is 62.0 Å². The summed E-state index contributed by atoms with van der Waals surface area (Å²) in [6.07, 6.45) is 0.344. The number of fused-ring (bicyclic) bond motifs is 1. The first-order valence-electron chi connectivity index (χ1n) is 8.86. The first-order valence-corrected chi connectivity index (χ1v) is 9.24. The summed E-state index contributed by atoms with van der Waals surface area (Å²) in [5.74, 6) is -0.694. The lowest BCUT2D eigenvalue weighted by Crippen LogP contribution is -2.43. The van der Waals surface area contributed by atoms with Crippen LogP contribution in [-0.2, 0) is 36.6 Å². The van der Waals surface area contributed by atoms with Crippen LogP contribution in [0.1, 0.15) is 12.5 Å². The second-order valence-electron chi connectivity index (χ2n) is 6.77. The normalized spacial score (nSPS) is 12.1. The lowest BCUT2D eigenvalue weighted by molar-refractivity contribution is -0.127. The van der Waals surface area contributed by atoms with E-state index >= 15 is 0 Å². The highest BCUT2D eigenvalue weighted by Crippen LogP contribution is 2.15. The summed E-state index contributed by atoms with van der Waals surface area (Å²) >= 11 is 6.13. The van der Waals surface area contributed by atoms with Crippen LogP contribution in [0.4, 0.5) is 0 Å². The molecule has 0 bridgehead atoms. The van der Waals surface area contributed by atoms with Gasteiger partial charge in [0.2, 0.25) is 11.2 Å². The second-order valence-corrected chi connectivity index (χ2v) is 7.10. The molecule has 3 aromatic rings. The van der Waals surface area contributed by atoms with Crippen LogP contribution >= 0.6 is 11.6 Å². The predicted octanol–water partition coefficient (Wildman–Crippen LogP) is 0.404. The van der Waals surface area contributed by atoms with E-state index in [1.807, 2.05) is 30.3 Å². The molecule has 29 heavy (non-hydrogen) atoms. The van der Waals surface area contributed by atoms with E-state index in [-0.39, 0.29) is 28.8 Å². The van der Waals surface area contributed by atoms with Gasteiger partial charge in [-0.1, -0.05) is 30.3 Å². The zero-order chi connectivity index (χ0) is 21.3. The molecule has 0 saturated carbocycles. The van der Waals surface area contributed by atoms with Gasteiger partial charge in [-0.25, -0.2) is 4.79 Å². The average molecular weight is 418 g/mol. The molecule has 1 amide bonds. The van der Waals surface area contributed by atoms with Gasteiger partial charge in [-0.2, -0.15) is 4.98 Å². The predicted molar refractivity (Wildman–Crippen MR) is 108 cm³/mol. The summed E-state index contributed by atoms with van der Waals surface area (Å²) in [6.45, 7) is 1.08. The van der Waals surface area contributed by atoms with Crippen molar-refractivity contribution in [1.82, 2.24) is 24.0 Å². The number of aryl methyl sites for hydroxylation is 1. The zero-order valence-electron chi connectivity index (χ0n) is 16.2. The van der Waals surface area contributed by atoms with Crippen LogP contribution in [-0.4, -0.2) is 36.4 Å². The first kappa shape index (κ1) is 20.5. The summed E-state index contributed by atoms with van der Waals surface area (Å²) in [5.41, 5.74) is -0.126. The molecule has 2 heterocycles. The molecule has 2 aromatic heterocycles. The van der Waals surface area contributed by atoms with E-state index in [1.54, 1.807) is 0 Å². The Labute approximate surface area is 170 Å². The van der Waals surface area contributed by atoms with Gasteiger partial charge in [0.15, 0.2) is 16.9 Å². The molecular formula is C19H20ClN5O4. The Morgan fingerprint density at radius 1 is 1.14 bits per heavy atom. The lowest BCUT2D eigenvalue weighted by Gasteiger charge is -2.16. The fourth-order valence-electron chi connectivity index (χ4n) is 3.09. The van der Waals surface area contributed by atoms with Crippen molar-refractivity contribution >= 4 is 34.5 Å². The number of amides is 1. The van der Waals surface area contributed by atoms with Crippen molar-refractivity contribution in [1.29, 1.82) is 0 Å². The lowest BCUT2D eigenvalue weighted by atomic mass is 10.0. The Morgan fingerprint density at radius 3 is 2.41 bits per heavy atom. The SMILES string of the molecule is CC(=O)[C@@H](Cc1ccccc1)NC(=O)Cn1c(Cl)nc2c1c(=O)n(C)c(=O)n2C. The molecule has 0 aliphatic heterocycles. The number of carbonyl (C=O) groups is 2. The molecule has 0 radical (unpaired) electrons. The summed E-state index contributed by atoms with van der Waals surface area (Å²) in [7, 11) is 2.80. The van der Waals surface area contributed by atoms with Crippen LogP contribution in [0, 0.1) is 0 Å². The molecule has 1 N–H and O–H groups in total. The highest BCUT2D eigenvalue weighted by atomic mass is 35.5. The first-order chi connectivity index (χ1) is 13.7. The third-order valence-electron chi connectivity index (χ3n) is 4.71. The van der Waals surface area contributed by atoms with Crippen molar-refractivity contribution in [2.45, 2.75) is 25.9 Å². The third kappa shape index (κ3) is 4.00. The zero-order valence-corrected chi connectivity index (χ0v) is 16.9. The van der Waals surface area contributed by atoms with Gasteiger partial charge in [0.25, 0.3) is 5.56 Å². The maximum Gasteiger partial charge on any atom is 0.332 e. The average Bonchev–Trinajstić information content (AvgIpc) is 3.01. The molecule has 0 aliphatic carbocycles. The van der Waals surface area contributed by atoms with Gasteiger partial charge in [-0.3, -0.25) is 28.1 Å². The molecule has 0 spiro atoms. The summed E-state index contributed by atoms with van der Waals surface area (Å²) in [6, 6.07) is 8.59. The summed E-state index contributed by atoms with van der Waals surface area (Å²) < 4.78 is 3.33. The summed E-state index contributed by atoms with van der Waals surface area (Å²) in [5, 5.41) is 2.58. The van der Waals surface area contributed by atoms with Crippen molar-refractivity contribution < 1.29 is 9.59 Å². The Bertz CT molecular complexity index is 1210. The second kappa shape index (κ2) is 8.04. The van der Waals surface area contributed by atoms with Crippen molar-refractivity contribution in [2.75, 3.05) is 0 Å². The number of hydrogen-bond acceptors (Lipinski definition) is 5. The van der Waals surface area contributed by atoms with E-state index in [0.29, 0.717) is 6.42 Å². The molecule has 1 atom stereocenters. The number of nitrogens with zero attached hydrogens (tertiary/aromatic N) is 4. The van der Waals surface area contributed by atoms with Gasteiger partial charge in [0.05, 0.1) is 6.04 Å². The minimum atomic E-state index is -0.717. The molecule has 10 heteroatoms. The number of carbonyl (C=O) groups excluding carboxylic acids is 2. The minimum absolute atomic E-state index is 0.0391. The monoisotopic (exact) mass is 417 g/mol. The molecule has 0 saturated heterocycles. The standard InChI is InChI=1S/C19H20ClN5O4/c1-11(26)13(9-12-7-5-4-6-8-12)21-14(27)10-25-15-16(22-18(25)20)23(2)19(29)24(3)17(15)28/h4-8,13H,9-10H2,1-3H3,(H,21,27)/t13-/m1/s1. The van der Waals surface area contributed by atoms with E-state index in [4.69, 9.17) is 11.6 Å². The van der Waals surface area contributed by atoms with Crippen LogP contribution in [0.2, 0.25) is 5.28 Å². The molecule has 152 valence electrons. The maximum absolute atomic E-state index is 12.6. The van der Waals surface area contributed by atoms with Crippen molar-refractivity contribution in [3.8, 4) is 0 Å². The number of ketones is 1. The van der Waals surface area contributed by atoms with Crippen LogP contribution in [0.25, 0.3) is 11.2 Å². The number of rotatable bonds is 6. The Morgan fingerprint density at radius 2 is 1.79 bits per heavy atom. The summed E-state index contributed by atoms with van der Waals surface area (Å²) in [4.78, 5) is 53.2. The maximum atomic E-state index is 12.6. The number of nitrogens with one attached hydrogen (secondary N) is 1. The Balaban J connectivity index is 1.89. The smallest absolute Gasteiger partial charge is 0.332 e. The van der Waals surface area contributed by atoms with Crippen molar-refractivity contribution in [2.24, 2.45) is 14.1 Å². The van der Waals surface area contributed by atoms with E-state index in [0.717, 1.165) is 10.1 Å². The number of hydrogen-bond donors (Lipinski definition) is 1. The topological polar surface area (TPSA) is 108 Å². The number of aromatic nitrogens is 4. The quantitative estimate of drug-likeness (QED) is 0.584.